The van der Waals surface area contributed by atoms with Crippen LogP contribution in [0.15, 0.2) is 394 Å². The lowest BCUT2D eigenvalue weighted by molar-refractivity contribution is 0.590. The molecule has 2 aliphatic carbocycles. The lowest BCUT2D eigenvalue weighted by Gasteiger charge is -2.27. The van der Waals surface area contributed by atoms with Crippen molar-refractivity contribution >= 4 is 167 Å². The Morgan fingerprint density at radius 1 is 0.265 bits per heavy atom. The Balaban J connectivity index is 0.702. The van der Waals surface area contributed by atoms with Crippen LogP contribution in [0, 0.1) is 0 Å². The van der Waals surface area contributed by atoms with Gasteiger partial charge in [0.05, 0.1) is 44.1 Å². The second-order valence-electron chi connectivity index (χ2n) is 32.4. The molecule has 0 bridgehead atoms. The van der Waals surface area contributed by atoms with Crippen LogP contribution in [0.2, 0.25) is 0 Å². The quantitative estimate of drug-likeness (QED) is 0.115. The van der Waals surface area contributed by atoms with Crippen molar-refractivity contribution in [3.05, 3.63) is 422 Å². The van der Waals surface area contributed by atoms with Gasteiger partial charge >= 0.3 is 0 Å². The Morgan fingerprint density at radius 2 is 0.607 bits per heavy atom. The molecule has 0 amide bonds. The fraction of sp³-hybridized carbons (Fsp3) is 0.0545. The van der Waals surface area contributed by atoms with Crippen LogP contribution >= 0.6 is 0 Å². The summed E-state index contributed by atoms with van der Waals surface area (Å²) in [5, 5.41) is 17.1. The lowest BCUT2D eigenvalue weighted by Crippen LogP contribution is -2.35. The molecular weight excluding hydrogens is 1420 g/mol. The number of rotatable bonds is 13. The molecule has 117 heavy (non-hydrogen) atoms. The van der Waals surface area contributed by atoms with Gasteiger partial charge in [0.1, 0.15) is 0 Å². The highest BCUT2D eigenvalue weighted by Gasteiger charge is 2.34. The van der Waals surface area contributed by atoms with Crippen LogP contribution in [0.1, 0.15) is 49.9 Å². The number of aromatic nitrogens is 4. The third kappa shape index (κ3) is 10.9. The molecule has 21 aromatic rings. The third-order valence-corrected chi connectivity index (χ3v) is 24.7. The zero-order valence-corrected chi connectivity index (χ0v) is 65.1. The highest BCUT2D eigenvalue weighted by molar-refractivity contribution is 6.30. The first kappa shape index (κ1) is 67.7. The van der Waals surface area contributed by atoms with Gasteiger partial charge in [-0.1, -0.05) is 251 Å². The number of fused-ring (bicyclic) bond motifs is 19. The van der Waals surface area contributed by atoms with Crippen LogP contribution in [0.25, 0.3) is 138 Å². The summed E-state index contributed by atoms with van der Waals surface area (Å²) in [5.74, 6) is 0.0760. The Hall–Kier alpha value is -14.9. The number of nitrogens with zero attached hydrogens (tertiary/aromatic N) is 7. The number of hydrogen-bond donors (Lipinski definition) is 0. The summed E-state index contributed by atoms with van der Waals surface area (Å²) in [6, 6.07) is 144. The zero-order valence-electron chi connectivity index (χ0n) is 65.1. The van der Waals surface area contributed by atoms with Gasteiger partial charge in [0.15, 0.2) is 0 Å². The second kappa shape index (κ2) is 26.9. The van der Waals surface area contributed by atoms with Gasteiger partial charge in [0.2, 0.25) is 0 Å². The van der Waals surface area contributed by atoms with Crippen molar-refractivity contribution in [2.75, 3.05) is 14.7 Å². The van der Waals surface area contributed by atoms with Crippen LogP contribution in [-0.4, -0.2) is 18.3 Å². The van der Waals surface area contributed by atoms with E-state index in [9.17, 15) is 0 Å². The minimum atomic E-state index is -0.0504. The van der Waals surface area contributed by atoms with Crippen molar-refractivity contribution in [2.45, 2.75) is 38.5 Å². The van der Waals surface area contributed by atoms with Crippen molar-refractivity contribution in [3.8, 4) is 22.7 Å². The third-order valence-electron chi connectivity index (χ3n) is 24.7. The van der Waals surface area contributed by atoms with E-state index < -0.39 is 0 Å². The van der Waals surface area contributed by atoms with E-state index >= 15 is 0 Å². The number of allylic oxidation sites excluding steroid dienone is 1. The van der Waals surface area contributed by atoms with Gasteiger partial charge in [-0.15, -0.1) is 0 Å². The maximum Gasteiger partial charge on any atom is 0.0562 e. The molecule has 0 radical (unpaired) electrons. The molecule has 2 aliphatic rings. The van der Waals surface area contributed by atoms with Crippen molar-refractivity contribution in [1.29, 1.82) is 0 Å². The van der Waals surface area contributed by atoms with Crippen molar-refractivity contribution in [1.82, 2.24) is 18.3 Å². The molecule has 0 N–H and O–H groups in total. The van der Waals surface area contributed by atoms with Gasteiger partial charge in [-0.2, -0.15) is 0 Å². The highest BCUT2D eigenvalue weighted by atomic mass is 15.2. The Bertz CT molecular complexity index is 7740. The molecule has 1 atom stereocenters. The monoisotopic (exact) mass is 1500 g/mol. The summed E-state index contributed by atoms with van der Waals surface area (Å²) in [6.07, 6.45) is 8.23. The molecule has 1 unspecified atom stereocenters. The molecule has 0 aliphatic heterocycles. The molecule has 7 heteroatoms. The molecule has 0 saturated heterocycles. The molecule has 4 aromatic heterocycles. The summed E-state index contributed by atoms with van der Waals surface area (Å²) >= 11 is 0. The molecule has 4 heterocycles. The van der Waals surface area contributed by atoms with Crippen LogP contribution in [0.5, 0.6) is 0 Å². The summed E-state index contributed by atoms with van der Waals surface area (Å²) in [4.78, 5) is 7.29. The predicted molar refractivity (Wildman–Crippen MR) is 494 cm³/mol. The smallest absolute Gasteiger partial charge is 0.0562 e. The van der Waals surface area contributed by atoms with E-state index in [1.54, 1.807) is 0 Å². The van der Waals surface area contributed by atoms with E-state index in [0.29, 0.717) is 0 Å². The van der Waals surface area contributed by atoms with Crippen molar-refractivity contribution < 1.29 is 0 Å². The molecule has 0 fully saturated rings. The van der Waals surface area contributed by atoms with Gasteiger partial charge < -0.3 is 33.0 Å². The van der Waals surface area contributed by atoms with E-state index in [1.807, 2.05) is 0 Å². The first-order chi connectivity index (χ1) is 57.7. The largest absolute Gasteiger partial charge is 0.310 e. The Labute approximate surface area is 678 Å². The second-order valence-corrected chi connectivity index (χ2v) is 32.4. The van der Waals surface area contributed by atoms with E-state index in [2.05, 4.69) is 460 Å². The Kier molecular flexibility index (Phi) is 15.6. The molecule has 0 saturated carbocycles. The average molecular weight is 1500 g/mol. The van der Waals surface area contributed by atoms with Crippen LogP contribution in [0.4, 0.5) is 51.2 Å². The van der Waals surface area contributed by atoms with E-state index in [-0.39, 0.29) is 11.3 Å². The first-order valence-corrected chi connectivity index (χ1v) is 40.7. The number of anilines is 9. The standard InChI is InChI=1S/C110H79N7/c1-110(2,3)76-44-48-83(49-45-76)113(88-52-56-96-104(70-88)116(81-38-18-8-19-39-81)100-64-60-90-92(108(96)100)58-62-98-106(90)94-54-50-86(68-102(94)114(98)79-34-14-6-15-35-79)111(77-30-10-4-11-31-77)84-46-42-72-26-22-24-28-74(72)66-84)89-53-57-97-105(71-89)117(82-40-20-9-21-41-82)101-65-61-91-93(109(97)101)59-63-99-107(91)95-55-51-87(69-103(95)115(99)80-36-16-7-17-37-80)112(78-32-12-5-13-33-78)85-47-43-73-27-23-25-29-75(73)67-85/h4-58,60-71,93H,59H2,1-3H3. The lowest BCUT2D eigenvalue weighted by atomic mass is 9.79. The number of benzene rings is 17. The molecule has 0 spiro atoms. The highest BCUT2D eigenvalue weighted by Crippen LogP contribution is 2.51. The van der Waals surface area contributed by atoms with Crippen LogP contribution < -0.4 is 25.3 Å². The fourth-order valence-electron chi connectivity index (χ4n) is 19.4. The molecule has 554 valence electrons. The van der Waals surface area contributed by atoms with Gasteiger partial charge in [-0.25, -0.2) is 0 Å². The van der Waals surface area contributed by atoms with Gasteiger partial charge in [-0.3, -0.25) is 0 Å². The number of para-hydroxylation sites is 6. The van der Waals surface area contributed by atoms with Gasteiger partial charge in [0.25, 0.3) is 0 Å². The minimum absolute atomic E-state index is 0.0504. The molecule has 23 rings (SSSR count). The average Bonchev–Trinajstić information content (AvgIpc) is 1.55. The van der Waals surface area contributed by atoms with Crippen molar-refractivity contribution in [2.24, 2.45) is 0 Å². The maximum atomic E-state index is 2.53. The number of hydrogen-bond acceptors (Lipinski definition) is 3. The van der Waals surface area contributed by atoms with Gasteiger partial charge in [0, 0.05) is 117 Å². The Morgan fingerprint density at radius 3 is 1.06 bits per heavy atom. The van der Waals surface area contributed by atoms with Crippen LogP contribution in [-0.2, 0) is 5.41 Å². The zero-order chi connectivity index (χ0) is 77.6. The SMILES string of the molecule is CC(C)(C)c1ccc(N(c2ccc3c4c(n(-c5ccccc5)c3c2)C=CC2=c3c(n(-c5ccccc5)c5cc(N(c6ccccc6)c6ccc7ccccc7c6)ccc35)=CCC24)c2ccc3c4c5ccc6c(c5ccc4n(-c4ccccc4)c3c2)c2ccc(N(c3ccccc3)c3ccc4ccccc4c3)cc2n6-c2ccccc2)cc1. The van der Waals surface area contributed by atoms with E-state index in [0.717, 1.165) is 108 Å². The van der Waals surface area contributed by atoms with Gasteiger partial charge in [-0.05, 0) is 237 Å². The molecule has 7 nitrogen and oxygen atoms in total. The summed E-state index contributed by atoms with van der Waals surface area (Å²) < 4.78 is 10.0. The topological polar surface area (TPSA) is 29.4 Å². The summed E-state index contributed by atoms with van der Waals surface area (Å²) in [5.41, 5.74) is 26.3. The predicted octanol–water partition coefficient (Wildman–Crippen LogP) is 28.1. The fourth-order valence-corrected chi connectivity index (χ4v) is 19.4. The van der Waals surface area contributed by atoms with Crippen LogP contribution in [0.3, 0.4) is 0 Å². The normalized spacial score (nSPS) is 13.3. The van der Waals surface area contributed by atoms with E-state index in [4.69, 9.17) is 0 Å². The molecular formula is C110H79N7. The summed E-state index contributed by atoms with van der Waals surface area (Å²) in [6.45, 7) is 6.91. The molecule has 17 aromatic carbocycles. The minimum Gasteiger partial charge on any atom is -0.310 e. The van der Waals surface area contributed by atoms with E-state index in [1.165, 1.54) is 103 Å². The van der Waals surface area contributed by atoms with Crippen molar-refractivity contribution in [3.63, 3.8) is 0 Å². The maximum absolute atomic E-state index is 2.53. The summed E-state index contributed by atoms with van der Waals surface area (Å²) in [7, 11) is 0. The first-order valence-electron chi connectivity index (χ1n) is 40.7.